The van der Waals surface area contributed by atoms with Gasteiger partial charge < -0.3 is 5.32 Å². The summed E-state index contributed by atoms with van der Waals surface area (Å²) in [4.78, 5) is 1.21. The maximum atomic E-state index is 8.39. The molecule has 0 aliphatic carbocycles. The molecule has 0 aromatic heterocycles. The average Bonchev–Trinajstić information content (AvgIpc) is 2.19. The van der Waals surface area contributed by atoms with E-state index in [2.05, 4.69) is 17.5 Å². The van der Waals surface area contributed by atoms with Gasteiger partial charge in [-0.05, 0) is 12.1 Å². The lowest BCUT2D eigenvalue weighted by molar-refractivity contribution is 1.23. The lowest BCUT2D eigenvalue weighted by atomic mass is 10.3. The Morgan fingerprint density at radius 1 is 1.46 bits per heavy atom. The van der Waals surface area contributed by atoms with Crippen LogP contribution in [0, 0.1) is 11.3 Å². The van der Waals surface area contributed by atoms with E-state index in [1.165, 1.54) is 4.90 Å². The minimum absolute atomic E-state index is 0.600. The first-order valence-corrected chi connectivity index (χ1v) is 5.13. The molecule has 0 fully saturated rings. The van der Waals surface area contributed by atoms with Crippen LogP contribution in [0.1, 0.15) is 6.42 Å². The van der Waals surface area contributed by atoms with Crippen molar-refractivity contribution in [3.05, 3.63) is 24.3 Å². The molecule has 0 saturated heterocycles. The molecule has 0 saturated carbocycles. The second-order valence-electron chi connectivity index (χ2n) is 2.50. The first kappa shape index (κ1) is 9.94. The fourth-order valence-electron chi connectivity index (χ4n) is 1.01. The molecule has 3 heteroatoms. The Kier molecular flexibility index (Phi) is 4.20. The molecule has 1 aromatic carbocycles. The minimum Gasteiger partial charge on any atom is -0.387 e. The Morgan fingerprint density at radius 2 is 2.23 bits per heavy atom. The monoisotopic (exact) mass is 192 g/mol. The Hall–Kier alpha value is -1.14. The number of thioether (sulfide) groups is 1. The van der Waals surface area contributed by atoms with Crippen LogP contribution in [0.2, 0.25) is 0 Å². The van der Waals surface area contributed by atoms with Gasteiger partial charge in [0.05, 0.1) is 6.07 Å². The fourth-order valence-corrected chi connectivity index (χ4v) is 1.92. The van der Waals surface area contributed by atoms with Gasteiger partial charge in [0.15, 0.2) is 0 Å². The smallest absolute Gasteiger partial charge is 0.0630 e. The van der Waals surface area contributed by atoms with Gasteiger partial charge in [0.1, 0.15) is 0 Å². The number of nitriles is 1. The van der Waals surface area contributed by atoms with Crippen LogP contribution in [0.3, 0.4) is 0 Å². The summed E-state index contributed by atoms with van der Waals surface area (Å²) in [7, 11) is 1.91. The van der Waals surface area contributed by atoms with Crippen LogP contribution < -0.4 is 5.32 Å². The van der Waals surface area contributed by atoms with Crippen molar-refractivity contribution in [1.29, 1.82) is 5.26 Å². The third-order valence-electron chi connectivity index (χ3n) is 1.63. The molecule has 0 amide bonds. The van der Waals surface area contributed by atoms with Crippen LogP contribution in [0.4, 0.5) is 5.69 Å². The lowest BCUT2D eigenvalue weighted by Crippen LogP contribution is -1.90. The number of para-hydroxylation sites is 1. The summed E-state index contributed by atoms with van der Waals surface area (Å²) in [6.45, 7) is 0. The molecule has 13 heavy (non-hydrogen) atoms. The summed E-state index contributed by atoms with van der Waals surface area (Å²) < 4.78 is 0. The van der Waals surface area contributed by atoms with Gasteiger partial charge in [-0.2, -0.15) is 5.26 Å². The summed E-state index contributed by atoms with van der Waals surface area (Å²) >= 11 is 1.71. The second kappa shape index (κ2) is 5.50. The quantitative estimate of drug-likeness (QED) is 0.588. The summed E-state index contributed by atoms with van der Waals surface area (Å²) in [6, 6.07) is 10.2. The van der Waals surface area contributed by atoms with Crippen LogP contribution in [0.15, 0.2) is 29.2 Å². The zero-order chi connectivity index (χ0) is 9.52. The van der Waals surface area contributed by atoms with Crippen molar-refractivity contribution < 1.29 is 0 Å². The number of nitrogens with zero attached hydrogens (tertiary/aromatic N) is 1. The van der Waals surface area contributed by atoms with Gasteiger partial charge in [-0.3, -0.25) is 0 Å². The van der Waals surface area contributed by atoms with E-state index in [1.807, 2.05) is 25.2 Å². The van der Waals surface area contributed by atoms with E-state index >= 15 is 0 Å². The van der Waals surface area contributed by atoms with Gasteiger partial charge >= 0.3 is 0 Å². The molecule has 0 atom stereocenters. The SMILES string of the molecule is CNc1ccccc1SCCC#N. The van der Waals surface area contributed by atoms with Crippen LogP contribution in [-0.2, 0) is 0 Å². The summed E-state index contributed by atoms with van der Waals surface area (Å²) in [6.07, 6.45) is 0.600. The van der Waals surface area contributed by atoms with Crippen molar-refractivity contribution in [3.63, 3.8) is 0 Å². The predicted octanol–water partition coefficient (Wildman–Crippen LogP) is 2.73. The zero-order valence-corrected chi connectivity index (χ0v) is 8.40. The number of hydrogen-bond acceptors (Lipinski definition) is 3. The van der Waals surface area contributed by atoms with Gasteiger partial charge in [-0.25, -0.2) is 0 Å². The van der Waals surface area contributed by atoms with Gasteiger partial charge in [0, 0.05) is 29.8 Å². The zero-order valence-electron chi connectivity index (χ0n) is 7.58. The number of benzene rings is 1. The van der Waals surface area contributed by atoms with Crippen LogP contribution in [-0.4, -0.2) is 12.8 Å². The molecule has 0 bridgehead atoms. The Bertz CT molecular complexity index is 304. The Balaban J connectivity index is 2.60. The number of nitrogens with one attached hydrogen (secondary N) is 1. The Morgan fingerprint density at radius 3 is 2.92 bits per heavy atom. The summed E-state index contributed by atoms with van der Waals surface area (Å²) in [5, 5.41) is 11.5. The highest BCUT2D eigenvalue weighted by molar-refractivity contribution is 7.99. The highest BCUT2D eigenvalue weighted by Gasteiger charge is 1.98. The average molecular weight is 192 g/mol. The van der Waals surface area contributed by atoms with E-state index in [4.69, 9.17) is 5.26 Å². The second-order valence-corrected chi connectivity index (χ2v) is 3.64. The molecular formula is C10H12N2S. The van der Waals surface area contributed by atoms with E-state index in [1.54, 1.807) is 11.8 Å². The van der Waals surface area contributed by atoms with E-state index in [0.717, 1.165) is 11.4 Å². The van der Waals surface area contributed by atoms with Gasteiger partial charge in [0.2, 0.25) is 0 Å². The van der Waals surface area contributed by atoms with Crippen molar-refractivity contribution >= 4 is 17.4 Å². The van der Waals surface area contributed by atoms with E-state index in [9.17, 15) is 0 Å². The minimum atomic E-state index is 0.600. The molecule has 0 radical (unpaired) electrons. The lowest BCUT2D eigenvalue weighted by Gasteiger charge is -2.06. The van der Waals surface area contributed by atoms with E-state index in [0.29, 0.717) is 6.42 Å². The molecule has 1 N–H and O–H groups in total. The predicted molar refractivity (Wildman–Crippen MR) is 56.9 cm³/mol. The maximum Gasteiger partial charge on any atom is 0.0630 e. The highest BCUT2D eigenvalue weighted by atomic mass is 32.2. The standard InChI is InChI=1S/C10H12N2S/c1-12-9-5-2-3-6-10(9)13-8-4-7-11/h2-3,5-6,12H,4,8H2,1H3. The first-order valence-electron chi connectivity index (χ1n) is 4.15. The molecular weight excluding hydrogens is 180 g/mol. The van der Waals surface area contributed by atoms with E-state index in [-0.39, 0.29) is 0 Å². The van der Waals surface area contributed by atoms with Crippen LogP contribution in [0.25, 0.3) is 0 Å². The maximum absolute atomic E-state index is 8.39. The van der Waals surface area contributed by atoms with Gasteiger partial charge in [-0.1, -0.05) is 12.1 Å². The molecule has 0 heterocycles. The number of rotatable bonds is 4. The van der Waals surface area contributed by atoms with Crippen molar-refractivity contribution in [2.75, 3.05) is 18.1 Å². The molecule has 0 unspecified atom stereocenters. The van der Waals surface area contributed by atoms with Crippen molar-refractivity contribution in [2.45, 2.75) is 11.3 Å². The number of anilines is 1. The third kappa shape index (κ3) is 3.00. The summed E-state index contributed by atoms with van der Waals surface area (Å²) in [5.41, 5.74) is 1.13. The normalized spacial score (nSPS) is 9.23. The van der Waals surface area contributed by atoms with Crippen molar-refractivity contribution in [1.82, 2.24) is 0 Å². The van der Waals surface area contributed by atoms with Gasteiger partial charge in [-0.15, -0.1) is 11.8 Å². The number of hydrogen-bond donors (Lipinski definition) is 1. The fraction of sp³-hybridized carbons (Fsp3) is 0.300. The topological polar surface area (TPSA) is 35.8 Å². The first-order chi connectivity index (χ1) is 6.38. The largest absolute Gasteiger partial charge is 0.387 e. The molecule has 0 aliphatic rings. The van der Waals surface area contributed by atoms with Crippen molar-refractivity contribution in [3.8, 4) is 6.07 Å². The van der Waals surface area contributed by atoms with E-state index < -0.39 is 0 Å². The van der Waals surface area contributed by atoms with Gasteiger partial charge in [0.25, 0.3) is 0 Å². The highest BCUT2D eigenvalue weighted by Crippen LogP contribution is 2.26. The summed E-state index contributed by atoms with van der Waals surface area (Å²) in [5.74, 6) is 0.856. The molecule has 2 nitrogen and oxygen atoms in total. The third-order valence-corrected chi connectivity index (χ3v) is 2.70. The molecule has 0 aliphatic heterocycles. The van der Waals surface area contributed by atoms with Crippen molar-refractivity contribution in [2.24, 2.45) is 0 Å². The Labute approximate surface area is 83.0 Å². The molecule has 1 rings (SSSR count). The van der Waals surface area contributed by atoms with Crippen LogP contribution in [0.5, 0.6) is 0 Å². The molecule has 68 valence electrons. The molecule has 0 spiro atoms. The van der Waals surface area contributed by atoms with Crippen LogP contribution >= 0.6 is 11.8 Å². The molecule has 1 aromatic rings.